The molecule has 0 N–H and O–H groups in total. The molecule has 0 unspecified atom stereocenters. The van der Waals surface area contributed by atoms with Crippen molar-refractivity contribution in [1.82, 2.24) is 29.8 Å². The summed E-state index contributed by atoms with van der Waals surface area (Å²) in [7, 11) is 0. The van der Waals surface area contributed by atoms with E-state index in [1.165, 1.54) is 11.3 Å². The first-order valence-corrected chi connectivity index (χ1v) is 10.6. The van der Waals surface area contributed by atoms with E-state index in [9.17, 15) is 0 Å². The van der Waals surface area contributed by atoms with Crippen molar-refractivity contribution < 1.29 is 0 Å². The second-order valence-electron chi connectivity index (χ2n) is 6.39. The zero-order valence-corrected chi connectivity index (χ0v) is 16.6. The lowest BCUT2D eigenvalue weighted by atomic mass is 10.1. The molecule has 6 aromatic rings. The fourth-order valence-electron chi connectivity index (χ4n) is 3.28. The highest BCUT2D eigenvalue weighted by molar-refractivity contribution is 7.20. The Morgan fingerprint density at radius 2 is 1.79 bits per heavy atom. The van der Waals surface area contributed by atoms with Gasteiger partial charge in [-0.2, -0.15) is 9.61 Å². The molecule has 0 spiro atoms. The third-order valence-corrected chi connectivity index (χ3v) is 6.43. The third-order valence-electron chi connectivity index (χ3n) is 4.61. The highest BCUT2D eigenvalue weighted by Crippen LogP contribution is 2.35. The first-order valence-electron chi connectivity index (χ1n) is 8.94. The zero-order chi connectivity index (χ0) is 19.2. The number of hydrogen-bond donors (Lipinski definition) is 0. The summed E-state index contributed by atoms with van der Waals surface area (Å²) < 4.78 is 1.77. The minimum absolute atomic E-state index is 0.639. The van der Waals surface area contributed by atoms with Crippen molar-refractivity contribution in [3.05, 3.63) is 72.2 Å². The van der Waals surface area contributed by atoms with E-state index in [1.54, 1.807) is 22.0 Å². The van der Waals surface area contributed by atoms with Gasteiger partial charge in [-0.05, 0) is 35.7 Å². The summed E-state index contributed by atoms with van der Waals surface area (Å²) in [6.45, 7) is 0. The molecule has 5 heterocycles. The van der Waals surface area contributed by atoms with Crippen molar-refractivity contribution in [1.29, 1.82) is 0 Å². The van der Waals surface area contributed by atoms with Crippen LogP contribution in [0.4, 0.5) is 0 Å². The van der Waals surface area contributed by atoms with Crippen LogP contribution < -0.4 is 0 Å². The second-order valence-corrected chi connectivity index (χ2v) is 8.29. The summed E-state index contributed by atoms with van der Waals surface area (Å²) in [4.78, 5) is 11.1. The molecule has 6 rings (SSSR count). The number of benzene rings is 1. The molecule has 29 heavy (non-hydrogen) atoms. The molecule has 138 valence electrons. The molecule has 0 atom stereocenters. The van der Waals surface area contributed by atoms with Gasteiger partial charge in [0.25, 0.3) is 0 Å². The third kappa shape index (κ3) is 2.72. The zero-order valence-electron chi connectivity index (χ0n) is 14.9. The number of nitrogens with zero attached hydrogens (tertiary/aromatic N) is 6. The monoisotopic (exact) mass is 412 g/mol. The highest BCUT2D eigenvalue weighted by atomic mass is 32.1. The lowest BCUT2D eigenvalue weighted by Crippen LogP contribution is -1.93. The quantitative estimate of drug-likeness (QED) is 0.400. The summed E-state index contributed by atoms with van der Waals surface area (Å²) in [5.74, 6) is 0.639. The van der Waals surface area contributed by atoms with Gasteiger partial charge in [0.1, 0.15) is 10.7 Å². The minimum Gasteiger partial charge on any atom is -0.253 e. The maximum Gasteiger partial charge on any atom is 0.235 e. The Hall–Kier alpha value is -3.49. The van der Waals surface area contributed by atoms with Crippen LogP contribution in [0, 0.1) is 0 Å². The molecule has 6 nitrogen and oxygen atoms in total. The maximum absolute atomic E-state index is 4.85. The summed E-state index contributed by atoms with van der Waals surface area (Å²) in [6.07, 6.45) is 1.74. The van der Waals surface area contributed by atoms with E-state index in [1.807, 2.05) is 42.5 Å². The number of fused-ring (bicyclic) bond motifs is 2. The molecule has 0 aliphatic carbocycles. The van der Waals surface area contributed by atoms with Gasteiger partial charge in [-0.15, -0.1) is 21.5 Å². The van der Waals surface area contributed by atoms with Crippen LogP contribution in [0.3, 0.4) is 0 Å². The number of pyridine rings is 2. The molecule has 0 saturated heterocycles. The van der Waals surface area contributed by atoms with Crippen LogP contribution in [-0.2, 0) is 0 Å². The molecule has 0 aliphatic heterocycles. The SMILES string of the molecule is c1ccc(-c2nnc3sc(-c4cc(-c5cccs5)nc5ccccc45)nn23)nc1. The van der Waals surface area contributed by atoms with Gasteiger partial charge >= 0.3 is 0 Å². The normalized spacial score (nSPS) is 11.4. The van der Waals surface area contributed by atoms with E-state index in [2.05, 4.69) is 38.8 Å². The van der Waals surface area contributed by atoms with Crippen molar-refractivity contribution in [3.63, 3.8) is 0 Å². The topological polar surface area (TPSA) is 68.9 Å². The van der Waals surface area contributed by atoms with Gasteiger partial charge in [0, 0.05) is 17.1 Å². The fraction of sp³-hybridized carbons (Fsp3) is 0. The summed E-state index contributed by atoms with van der Waals surface area (Å²) in [5.41, 5.74) is 3.69. The summed E-state index contributed by atoms with van der Waals surface area (Å²) >= 11 is 3.19. The Bertz CT molecular complexity index is 1450. The number of aromatic nitrogens is 6. The Morgan fingerprint density at radius 1 is 0.862 bits per heavy atom. The molecule has 1 aromatic carbocycles. The van der Waals surface area contributed by atoms with Gasteiger partial charge in [0.05, 0.1) is 16.1 Å². The average Bonchev–Trinajstić information content (AvgIpc) is 3.51. The number of para-hydroxylation sites is 1. The van der Waals surface area contributed by atoms with Crippen molar-refractivity contribution in [2.24, 2.45) is 0 Å². The van der Waals surface area contributed by atoms with Crippen LogP contribution >= 0.6 is 22.7 Å². The lowest BCUT2D eigenvalue weighted by molar-refractivity contribution is 0.962. The van der Waals surface area contributed by atoms with Crippen molar-refractivity contribution >= 4 is 38.5 Å². The van der Waals surface area contributed by atoms with E-state index in [0.717, 1.165) is 42.7 Å². The molecule has 5 aromatic heterocycles. The van der Waals surface area contributed by atoms with Crippen molar-refractivity contribution in [2.75, 3.05) is 0 Å². The summed E-state index contributed by atoms with van der Waals surface area (Å²) in [5, 5.41) is 17.4. The van der Waals surface area contributed by atoms with Crippen LogP contribution in [0.2, 0.25) is 0 Å². The molecule has 8 heteroatoms. The maximum atomic E-state index is 4.85. The van der Waals surface area contributed by atoms with Gasteiger partial charge in [0.15, 0.2) is 0 Å². The van der Waals surface area contributed by atoms with Crippen LogP contribution in [0.5, 0.6) is 0 Å². The Labute approximate surface area is 173 Å². The van der Waals surface area contributed by atoms with E-state index in [0.29, 0.717) is 5.82 Å². The van der Waals surface area contributed by atoms with Crippen molar-refractivity contribution in [3.8, 4) is 32.7 Å². The molecule has 0 saturated carbocycles. The lowest BCUT2D eigenvalue weighted by Gasteiger charge is -2.06. The highest BCUT2D eigenvalue weighted by Gasteiger charge is 2.18. The predicted molar refractivity (Wildman–Crippen MR) is 116 cm³/mol. The fourth-order valence-corrected chi connectivity index (χ4v) is 4.84. The first kappa shape index (κ1) is 16.5. The summed E-state index contributed by atoms with van der Waals surface area (Å²) in [6, 6.07) is 20.1. The van der Waals surface area contributed by atoms with Gasteiger partial charge in [-0.25, -0.2) is 4.98 Å². The van der Waals surface area contributed by atoms with Crippen LogP contribution in [-0.4, -0.2) is 29.8 Å². The Kier molecular flexibility index (Phi) is 3.71. The molecule has 0 fully saturated rings. The largest absolute Gasteiger partial charge is 0.253 e. The first-order chi connectivity index (χ1) is 14.4. The van der Waals surface area contributed by atoms with E-state index >= 15 is 0 Å². The van der Waals surface area contributed by atoms with Crippen LogP contribution in [0.15, 0.2) is 72.2 Å². The van der Waals surface area contributed by atoms with Crippen LogP contribution in [0.25, 0.3) is 48.5 Å². The Balaban J connectivity index is 1.58. The van der Waals surface area contributed by atoms with E-state index < -0.39 is 0 Å². The smallest absolute Gasteiger partial charge is 0.235 e. The molecule has 0 radical (unpaired) electrons. The Morgan fingerprint density at radius 3 is 2.66 bits per heavy atom. The van der Waals surface area contributed by atoms with Gasteiger partial charge < -0.3 is 0 Å². The van der Waals surface area contributed by atoms with Crippen molar-refractivity contribution in [2.45, 2.75) is 0 Å². The molecular formula is C21H12N6S2. The number of rotatable bonds is 3. The second kappa shape index (κ2) is 6.54. The molecular weight excluding hydrogens is 400 g/mol. The molecule has 0 amide bonds. The van der Waals surface area contributed by atoms with Gasteiger partial charge in [-0.1, -0.05) is 41.7 Å². The van der Waals surface area contributed by atoms with Crippen LogP contribution in [0.1, 0.15) is 0 Å². The van der Waals surface area contributed by atoms with Gasteiger partial charge in [0.2, 0.25) is 10.8 Å². The predicted octanol–water partition coefficient (Wildman–Crippen LogP) is 5.19. The molecule has 0 aliphatic rings. The number of hydrogen-bond acceptors (Lipinski definition) is 7. The number of thiophene rings is 1. The van der Waals surface area contributed by atoms with E-state index in [4.69, 9.17) is 10.1 Å². The minimum atomic E-state index is 0.639. The molecule has 0 bridgehead atoms. The van der Waals surface area contributed by atoms with Gasteiger partial charge in [-0.3, -0.25) is 4.98 Å². The van der Waals surface area contributed by atoms with E-state index in [-0.39, 0.29) is 0 Å². The average molecular weight is 413 g/mol. The standard InChI is InChI=1S/C21H12N6S2/c1-2-7-15-13(6-1)14(12-17(23-15)18-9-5-11-28-18)20-26-27-19(24-25-21(27)29-20)16-8-3-4-10-22-16/h1-12H.